The van der Waals surface area contributed by atoms with Crippen molar-refractivity contribution in [2.24, 2.45) is 11.5 Å². The Morgan fingerprint density at radius 1 is 1.16 bits per heavy atom. The largest absolute Gasteiger partial charge is 1.00 e. The second-order valence-electron chi connectivity index (χ2n) is 4.21. The van der Waals surface area contributed by atoms with Crippen LogP contribution in [0.3, 0.4) is 0 Å². The van der Waals surface area contributed by atoms with Gasteiger partial charge in [-0.1, -0.05) is 31.9 Å². The van der Waals surface area contributed by atoms with Gasteiger partial charge < -0.3 is 23.5 Å². The van der Waals surface area contributed by atoms with Gasteiger partial charge in [-0.15, -0.1) is 0 Å². The van der Waals surface area contributed by atoms with E-state index in [-0.39, 0.29) is 63.0 Å². The number of nitrogens with zero attached hydrogens (tertiary/aromatic N) is 2. The molecule has 7 nitrogen and oxygen atoms in total. The minimum atomic E-state index is -0.990. The maximum atomic E-state index is 10.1. The van der Waals surface area contributed by atoms with Crippen molar-refractivity contribution >= 4 is 11.9 Å². The molecule has 2 aromatic heterocycles. The molecule has 2 heterocycles. The molecule has 132 valence electrons. The van der Waals surface area contributed by atoms with Crippen LogP contribution in [-0.2, 0) is 0 Å². The van der Waals surface area contributed by atoms with E-state index in [4.69, 9.17) is 10.5 Å². The number of aromatic carboxylic acids is 1. The van der Waals surface area contributed by atoms with Gasteiger partial charge in [-0.2, -0.15) is 6.42 Å². The van der Waals surface area contributed by atoms with Crippen LogP contribution in [0.2, 0.25) is 0 Å². The first-order valence-electron chi connectivity index (χ1n) is 7.33. The zero-order valence-corrected chi connectivity index (χ0v) is 18.1. The van der Waals surface area contributed by atoms with Crippen molar-refractivity contribution < 1.29 is 61.3 Å². The zero-order chi connectivity index (χ0) is 18.6. The van der Waals surface area contributed by atoms with Crippen LogP contribution in [0.5, 0.6) is 0 Å². The topological polar surface area (TPSA) is 139 Å². The van der Waals surface area contributed by atoms with Gasteiger partial charge >= 0.3 is 57.4 Å². The van der Waals surface area contributed by atoms with Crippen LogP contribution in [0, 0.1) is 12.3 Å². The van der Waals surface area contributed by atoms with E-state index < -0.39 is 5.97 Å². The summed E-state index contributed by atoms with van der Waals surface area (Å²) in [4.78, 5) is 17.5. The monoisotopic (exact) mass is 371 g/mol. The quantitative estimate of drug-likeness (QED) is 0.253. The average Bonchev–Trinajstić information content (AvgIpc) is 2.58. The number of unbranched alkanes of at least 4 members (excludes halogenated alkanes) is 2. The number of nitrogens with two attached hydrogens (primary N) is 2. The summed E-state index contributed by atoms with van der Waals surface area (Å²) in [6.45, 7) is 5.85. The predicted molar refractivity (Wildman–Crippen MR) is 96.4 cm³/mol. The molecular weight excluding hydrogens is 345 g/mol. The molecule has 25 heavy (non-hydrogen) atoms. The Kier molecular flexibility index (Phi) is 25.8. The number of hydrogen-bond donors (Lipinski definition) is 4. The van der Waals surface area contributed by atoms with Crippen molar-refractivity contribution in [3.8, 4) is 0 Å². The smallest absolute Gasteiger partial charge is 0.477 e. The van der Waals surface area contributed by atoms with Gasteiger partial charge in [0.1, 0.15) is 5.69 Å². The molecule has 0 saturated heterocycles. The maximum absolute atomic E-state index is 10.1. The van der Waals surface area contributed by atoms with E-state index in [0.29, 0.717) is 0 Å². The number of carboxylic acid groups (broad SMARTS) is 1. The average molecular weight is 372 g/mol. The predicted octanol–water partition coefficient (Wildman–Crippen LogP) is -0.285. The summed E-state index contributed by atoms with van der Waals surface area (Å²) in [5, 5.41) is 14.4. The molecule has 6 N–H and O–H groups in total. The minimum absolute atomic E-state index is 0. The summed E-state index contributed by atoms with van der Waals surface area (Å²) in [6.07, 6.45) is 8.60. The first kappa shape index (κ1) is 28.5. The molecule has 0 aliphatic rings. The van der Waals surface area contributed by atoms with E-state index >= 15 is 0 Å². The minimum Gasteiger partial charge on any atom is -0.477 e. The van der Waals surface area contributed by atoms with Gasteiger partial charge in [-0.05, 0) is 24.3 Å². The van der Waals surface area contributed by atoms with Crippen molar-refractivity contribution in [3.63, 3.8) is 0 Å². The van der Waals surface area contributed by atoms with Crippen LogP contribution in [0.25, 0.3) is 0 Å². The molecule has 2 aromatic rings. The van der Waals surface area contributed by atoms with E-state index in [0.717, 1.165) is 6.42 Å². The van der Waals surface area contributed by atoms with Crippen molar-refractivity contribution in [2.45, 2.75) is 26.2 Å². The number of rotatable bonds is 3. The molecule has 0 aliphatic heterocycles. The molecular formula is C17H26KN5O2. The van der Waals surface area contributed by atoms with Crippen molar-refractivity contribution in [1.82, 2.24) is 9.97 Å². The van der Waals surface area contributed by atoms with Gasteiger partial charge in [-0.3, -0.25) is 10.4 Å². The van der Waals surface area contributed by atoms with Crippen molar-refractivity contribution in [2.75, 3.05) is 0 Å². The molecule has 0 fully saturated rings. The maximum Gasteiger partial charge on any atom is 1.00 e. The van der Waals surface area contributed by atoms with Crippen LogP contribution in [0.15, 0.2) is 55.0 Å². The Labute approximate surface area is 192 Å². The number of carboxylic acids is 1. The third-order valence-corrected chi connectivity index (χ3v) is 2.05. The van der Waals surface area contributed by atoms with E-state index in [1.807, 2.05) is 18.2 Å². The first-order valence-corrected chi connectivity index (χ1v) is 7.33. The van der Waals surface area contributed by atoms with Crippen molar-refractivity contribution in [1.29, 1.82) is 5.41 Å². The molecule has 0 radical (unpaired) electrons. The summed E-state index contributed by atoms with van der Waals surface area (Å²) in [7, 11) is 0. The van der Waals surface area contributed by atoms with Crippen LogP contribution < -0.4 is 62.9 Å². The summed E-state index contributed by atoms with van der Waals surface area (Å²) < 4.78 is 0. The molecule has 2 rings (SSSR count). The molecule has 0 bridgehead atoms. The van der Waals surface area contributed by atoms with Crippen LogP contribution in [0.4, 0.5) is 0 Å². The molecule has 8 heteroatoms. The van der Waals surface area contributed by atoms with Crippen LogP contribution in [0.1, 0.15) is 36.7 Å². The summed E-state index contributed by atoms with van der Waals surface area (Å²) in [5.41, 5.74) is 9.03. The van der Waals surface area contributed by atoms with E-state index in [1.54, 1.807) is 24.5 Å². The molecule has 0 unspecified atom stereocenters. The molecule has 0 saturated carbocycles. The van der Waals surface area contributed by atoms with Crippen molar-refractivity contribution in [3.05, 3.63) is 67.6 Å². The number of aromatic nitrogens is 2. The fourth-order valence-corrected chi connectivity index (χ4v) is 1.05. The van der Waals surface area contributed by atoms with Gasteiger partial charge in [0.2, 0.25) is 0 Å². The van der Waals surface area contributed by atoms with E-state index in [2.05, 4.69) is 35.3 Å². The standard InChI is InChI=1S/C6H5NO2.C5H5N.C5H11.CH5N3.K/c8-6(9)5-3-1-2-4-7-5;1-2-4-6-5-3-1;1-3-5-4-2;2-1(3)4;/h1-4H,(H,8,9);1-5H;1,3-5H2,2H3;(H5,2,3,4);/q;;-1;;+1. The Morgan fingerprint density at radius 3 is 1.84 bits per heavy atom. The van der Waals surface area contributed by atoms with E-state index in [1.165, 1.54) is 25.1 Å². The Morgan fingerprint density at radius 2 is 1.68 bits per heavy atom. The van der Waals surface area contributed by atoms with Gasteiger partial charge in [0.05, 0.1) is 0 Å². The van der Waals surface area contributed by atoms with E-state index in [9.17, 15) is 4.79 Å². The first-order chi connectivity index (χ1) is 11.5. The molecule has 0 atom stereocenters. The number of pyridine rings is 2. The van der Waals surface area contributed by atoms with Crippen LogP contribution >= 0.6 is 0 Å². The van der Waals surface area contributed by atoms with Gasteiger partial charge in [0, 0.05) is 18.6 Å². The SMILES string of the molecule is N=C(N)N.O=C(O)c1ccccn1.[CH2-]CCCC.[K+].c1ccncc1. The Balaban J connectivity index is -0.000000269. The van der Waals surface area contributed by atoms with Gasteiger partial charge in [0.15, 0.2) is 5.96 Å². The zero-order valence-electron chi connectivity index (χ0n) is 14.9. The Hall–Kier alpha value is -1.32. The molecule has 0 aromatic carbocycles. The normalized spacial score (nSPS) is 7.76. The molecule has 0 spiro atoms. The molecule has 0 aliphatic carbocycles. The third-order valence-electron chi connectivity index (χ3n) is 2.05. The fourth-order valence-electron chi connectivity index (χ4n) is 1.05. The van der Waals surface area contributed by atoms with Crippen LogP contribution in [-0.4, -0.2) is 27.0 Å². The molecule has 0 amide bonds. The number of guanidine groups is 1. The second kappa shape index (κ2) is 22.7. The number of hydrogen-bond acceptors (Lipinski definition) is 4. The fraction of sp³-hybridized carbons (Fsp3) is 0.235. The summed E-state index contributed by atoms with van der Waals surface area (Å²) >= 11 is 0. The van der Waals surface area contributed by atoms with Gasteiger partial charge in [-0.25, -0.2) is 9.78 Å². The summed E-state index contributed by atoms with van der Waals surface area (Å²) in [6, 6.07) is 10.5. The van der Waals surface area contributed by atoms with Gasteiger partial charge in [0.25, 0.3) is 0 Å². The summed E-state index contributed by atoms with van der Waals surface area (Å²) in [5.74, 6) is -1.32. The third kappa shape index (κ3) is 27.8. The number of nitrogens with one attached hydrogen (secondary N) is 1. The Bertz CT molecular complexity index is 494. The second-order valence-corrected chi connectivity index (χ2v) is 4.21. The number of carbonyl (C=O) groups is 1.